The number of halogens is 1. The number of thioether (sulfide) groups is 1. The van der Waals surface area contributed by atoms with Crippen molar-refractivity contribution in [1.82, 2.24) is 10.6 Å². The third kappa shape index (κ3) is 4.79. The van der Waals surface area contributed by atoms with Crippen molar-refractivity contribution in [1.29, 1.82) is 0 Å². The zero-order chi connectivity index (χ0) is 17.5. The summed E-state index contributed by atoms with van der Waals surface area (Å²) >= 11 is 1.48. The van der Waals surface area contributed by atoms with Gasteiger partial charge in [-0.25, -0.2) is 4.39 Å². The first kappa shape index (κ1) is 17.4. The van der Waals surface area contributed by atoms with E-state index in [9.17, 15) is 4.39 Å². The van der Waals surface area contributed by atoms with Gasteiger partial charge < -0.3 is 20.1 Å². The summed E-state index contributed by atoms with van der Waals surface area (Å²) in [7, 11) is 1.72. The van der Waals surface area contributed by atoms with Crippen LogP contribution in [0.2, 0.25) is 0 Å². The molecular weight excluding hydrogens is 341 g/mol. The van der Waals surface area contributed by atoms with Gasteiger partial charge in [0.15, 0.2) is 17.5 Å². The Morgan fingerprint density at radius 1 is 1.16 bits per heavy atom. The number of fused-ring (bicyclic) bond motifs is 1. The van der Waals surface area contributed by atoms with Crippen LogP contribution in [0, 0.1) is 5.82 Å². The predicted molar refractivity (Wildman–Crippen MR) is 97.9 cm³/mol. The maximum Gasteiger partial charge on any atom is 0.231 e. The van der Waals surface area contributed by atoms with E-state index < -0.39 is 0 Å². The van der Waals surface area contributed by atoms with Crippen molar-refractivity contribution in [3.05, 3.63) is 53.8 Å². The van der Waals surface area contributed by atoms with Crippen LogP contribution in [-0.2, 0) is 6.54 Å². The largest absolute Gasteiger partial charge is 0.454 e. The molecule has 3 rings (SSSR count). The van der Waals surface area contributed by atoms with Crippen LogP contribution in [0.3, 0.4) is 0 Å². The minimum absolute atomic E-state index is 0.183. The number of nitrogens with one attached hydrogen (secondary N) is 2. The van der Waals surface area contributed by atoms with Crippen molar-refractivity contribution < 1.29 is 13.9 Å². The molecule has 0 fully saturated rings. The van der Waals surface area contributed by atoms with E-state index in [1.165, 1.54) is 17.8 Å². The van der Waals surface area contributed by atoms with E-state index in [0.717, 1.165) is 22.8 Å². The molecule has 0 spiro atoms. The highest BCUT2D eigenvalue weighted by atomic mass is 32.2. The molecule has 0 atom stereocenters. The smallest absolute Gasteiger partial charge is 0.231 e. The van der Waals surface area contributed by atoms with Crippen molar-refractivity contribution in [2.24, 2.45) is 4.99 Å². The molecule has 0 radical (unpaired) electrons. The molecule has 1 aliphatic rings. The number of benzene rings is 2. The van der Waals surface area contributed by atoms with Crippen molar-refractivity contribution in [2.45, 2.75) is 11.4 Å². The van der Waals surface area contributed by atoms with E-state index in [1.54, 1.807) is 19.2 Å². The average Bonchev–Trinajstić information content (AvgIpc) is 3.10. The van der Waals surface area contributed by atoms with Crippen LogP contribution in [0.1, 0.15) is 5.56 Å². The van der Waals surface area contributed by atoms with Crippen molar-refractivity contribution in [2.75, 3.05) is 26.1 Å². The van der Waals surface area contributed by atoms with E-state index in [0.29, 0.717) is 23.9 Å². The summed E-state index contributed by atoms with van der Waals surface area (Å²) in [5, 5.41) is 6.47. The molecular formula is C18H20FN3O2S. The number of hydrogen-bond donors (Lipinski definition) is 2. The summed E-state index contributed by atoms with van der Waals surface area (Å²) in [6.45, 7) is 1.58. The van der Waals surface area contributed by atoms with Gasteiger partial charge in [0.25, 0.3) is 0 Å². The fourth-order valence-electron chi connectivity index (χ4n) is 2.35. The second-order valence-corrected chi connectivity index (χ2v) is 6.46. The summed E-state index contributed by atoms with van der Waals surface area (Å²) in [4.78, 5) is 4.85. The van der Waals surface area contributed by atoms with E-state index >= 15 is 0 Å². The quantitative estimate of drug-likeness (QED) is 0.359. The third-order valence-corrected chi connectivity index (χ3v) is 4.66. The van der Waals surface area contributed by atoms with Gasteiger partial charge in [-0.05, 0) is 29.8 Å². The van der Waals surface area contributed by atoms with Crippen molar-refractivity contribution in [3.8, 4) is 11.5 Å². The molecule has 0 bridgehead atoms. The Morgan fingerprint density at radius 3 is 2.84 bits per heavy atom. The molecule has 0 aromatic heterocycles. The van der Waals surface area contributed by atoms with Gasteiger partial charge in [-0.2, -0.15) is 0 Å². The third-order valence-electron chi connectivity index (χ3n) is 3.61. The van der Waals surface area contributed by atoms with Crippen LogP contribution >= 0.6 is 11.8 Å². The summed E-state index contributed by atoms with van der Waals surface area (Å²) < 4.78 is 24.2. The number of hydrogen-bond acceptors (Lipinski definition) is 4. The van der Waals surface area contributed by atoms with Gasteiger partial charge in [-0.1, -0.05) is 18.2 Å². The Labute approximate surface area is 150 Å². The van der Waals surface area contributed by atoms with Gasteiger partial charge in [-0.15, -0.1) is 11.8 Å². The molecule has 0 amide bonds. The van der Waals surface area contributed by atoms with Gasteiger partial charge in [0.1, 0.15) is 5.82 Å². The van der Waals surface area contributed by atoms with Gasteiger partial charge in [0, 0.05) is 30.8 Å². The zero-order valence-electron chi connectivity index (χ0n) is 13.9. The number of nitrogens with zero attached hydrogens (tertiary/aromatic N) is 1. The number of aliphatic imine (C=N–C) groups is 1. The summed E-state index contributed by atoms with van der Waals surface area (Å²) in [6.07, 6.45) is 0. The topological polar surface area (TPSA) is 54.9 Å². The molecule has 0 unspecified atom stereocenters. The van der Waals surface area contributed by atoms with E-state index in [-0.39, 0.29) is 12.6 Å². The van der Waals surface area contributed by atoms with Gasteiger partial charge in [0.2, 0.25) is 6.79 Å². The normalized spacial score (nSPS) is 13.0. The molecule has 2 aromatic rings. The molecule has 0 saturated carbocycles. The lowest BCUT2D eigenvalue weighted by atomic mass is 10.2. The Bertz CT molecular complexity index is 755. The first-order valence-electron chi connectivity index (χ1n) is 7.96. The molecule has 2 aromatic carbocycles. The first-order valence-corrected chi connectivity index (χ1v) is 8.95. The maximum atomic E-state index is 13.5. The predicted octanol–water partition coefficient (Wildman–Crippen LogP) is 3.01. The fourth-order valence-corrected chi connectivity index (χ4v) is 3.15. The SMILES string of the molecule is CN=C(NCCSc1ccccc1F)NCc1ccc2c(c1)OCO2. The molecule has 132 valence electrons. The van der Waals surface area contributed by atoms with E-state index in [1.807, 2.05) is 24.3 Å². The maximum absolute atomic E-state index is 13.5. The second kappa shape index (κ2) is 8.62. The summed E-state index contributed by atoms with van der Waals surface area (Å²) in [5.41, 5.74) is 1.08. The van der Waals surface area contributed by atoms with Crippen molar-refractivity contribution >= 4 is 17.7 Å². The zero-order valence-corrected chi connectivity index (χ0v) is 14.7. The molecule has 0 aliphatic carbocycles. The van der Waals surface area contributed by atoms with Crippen LogP contribution in [0.25, 0.3) is 0 Å². The molecule has 1 aliphatic heterocycles. The number of guanidine groups is 1. The van der Waals surface area contributed by atoms with Crippen LogP contribution < -0.4 is 20.1 Å². The number of ether oxygens (including phenoxy) is 2. The molecule has 5 nitrogen and oxygen atoms in total. The van der Waals surface area contributed by atoms with Gasteiger partial charge in [-0.3, -0.25) is 4.99 Å². The average molecular weight is 361 g/mol. The molecule has 2 N–H and O–H groups in total. The molecule has 1 heterocycles. The standard InChI is InChI=1S/C18H20FN3O2S/c1-20-18(21-8-9-25-17-5-3-2-4-14(17)19)22-11-13-6-7-15-16(10-13)24-12-23-15/h2-7,10H,8-9,11-12H2,1H3,(H2,20,21,22). The van der Waals surface area contributed by atoms with E-state index in [4.69, 9.17) is 9.47 Å². The number of rotatable bonds is 6. The Balaban J connectivity index is 1.42. The molecule has 0 saturated heterocycles. The Hall–Kier alpha value is -2.41. The minimum atomic E-state index is -0.183. The fraction of sp³-hybridized carbons (Fsp3) is 0.278. The monoisotopic (exact) mass is 361 g/mol. The van der Waals surface area contributed by atoms with E-state index in [2.05, 4.69) is 15.6 Å². The molecule has 25 heavy (non-hydrogen) atoms. The lowest BCUT2D eigenvalue weighted by molar-refractivity contribution is 0.174. The lowest BCUT2D eigenvalue weighted by Gasteiger charge is -2.12. The first-order chi connectivity index (χ1) is 12.3. The van der Waals surface area contributed by atoms with Gasteiger partial charge >= 0.3 is 0 Å². The minimum Gasteiger partial charge on any atom is -0.454 e. The highest BCUT2D eigenvalue weighted by Crippen LogP contribution is 2.32. The highest BCUT2D eigenvalue weighted by Gasteiger charge is 2.13. The van der Waals surface area contributed by atoms with Gasteiger partial charge in [0.05, 0.1) is 0 Å². The van der Waals surface area contributed by atoms with Crippen LogP contribution in [0.15, 0.2) is 52.4 Å². The van der Waals surface area contributed by atoms with Crippen LogP contribution in [0.5, 0.6) is 11.5 Å². The highest BCUT2D eigenvalue weighted by molar-refractivity contribution is 7.99. The Morgan fingerprint density at radius 2 is 2.00 bits per heavy atom. The van der Waals surface area contributed by atoms with Crippen LogP contribution in [-0.4, -0.2) is 32.1 Å². The van der Waals surface area contributed by atoms with Crippen LogP contribution in [0.4, 0.5) is 4.39 Å². The Kier molecular flexibility index (Phi) is 6.00. The second-order valence-electron chi connectivity index (χ2n) is 5.32. The lowest BCUT2D eigenvalue weighted by Crippen LogP contribution is -2.37. The van der Waals surface area contributed by atoms with Crippen molar-refractivity contribution in [3.63, 3.8) is 0 Å². The summed E-state index contributed by atoms with van der Waals surface area (Å²) in [6, 6.07) is 12.6. The molecule has 7 heteroatoms. The summed E-state index contributed by atoms with van der Waals surface area (Å²) in [5.74, 6) is 2.80.